The van der Waals surface area contributed by atoms with Gasteiger partial charge in [-0.1, -0.05) is 12.1 Å². The quantitative estimate of drug-likeness (QED) is 0.764. The van der Waals surface area contributed by atoms with E-state index in [2.05, 4.69) is 25.6 Å². The van der Waals surface area contributed by atoms with Crippen LogP contribution in [0.4, 0.5) is 11.8 Å². The Labute approximate surface area is 114 Å². The summed E-state index contributed by atoms with van der Waals surface area (Å²) in [4.78, 5) is 13.1. The van der Waals surface area contributed by atoms with Crippen LogP contribution in [0.25, 0.3) is 10.9 Å². The lowest BCUT2D eigenvalue weighted by Crippen LogP contribution is -2.05. The van der Waals surface area contributed by atoms with Gasteiger partial charge in [-0.25, -0.2) is 9.97 Å². The summed E-state index contributed by atoms with van der Waals surface area (Å²) in [5, 5.41) is 10.3. The van der Waals surface area contributed by atoms with Gasteiger partial charge in [0.15, 0.2) is 0 Å². The fourth-order valence-electron chi connectivity index (χ4n) is 1.82. The van der Waals surface area contributed by atoms with Crippen molar-refractivity contribution >= 4 is 34.0 Å². The van der Waals surface area contributed by atoms with E-state index in [0.29, 0.717) is 12.5 Å². The van der Waals surface area contributed by atoms with Gasteiger partial charge in [-0.3, -0.25) is 0 Å². The smallest absolute Gasteiger partial charge is 0.224 e. The Kier molecular flexibility index (Phi) is 3.24. The van der Waals surface area contributed by atoms with Crippen LogP contribution in [0.3, 0.4) is 0 Å². The van der Waals surface area contributed by atoms with E-state index in [-0.39, 0.29) is 0 Å². The predicted molar refractivity (Wildman–Crippen MR) is 78.5 cm³/mol. The number of aromatic nitrogens is 3. The molecule has 0 saturated carbocycles. The molecule has 2 heterocycles. The van der Waals surface area contributed by atoms with Crippen LogP contribution in [0.15, 0.2) is 35.8 Å². The molecule has 0 spiro atoms. The van der Waals surface area contributed by atoms with E-state index >= 15 is 0 Å². The standard InChI is InChI=1S/C13H13N5S/c1-14-13-17-10-5-3-2-4-9(10)12(18-13)16-8-11-15-6-7-19-11/h2-7H,8H2,1H3,(H2,14,16,17,18). The number of rotatable bonds is 4. The SMILES string of the molecule is CNc1nc(NCc2nccs2)c2ccccc2n1. The first-order chi connectivity index (χ1) is 9.36. The van der Waals surface area contributed by atoms with E-state index < -0.39 is 0 Å². The van der Waals surface area contributed by atoms with Gasteiger partial charge in [-0.15, -0.1) is 11.3 Å². The molecule has 0 amide bonds. The topological polar surface area (TPSA) is 62.7 Å². The Morgan fingerprint density at radius 3 is 2.89 bits per heavy atom. The minimum atomic E-state index is 0.611. The number of nitrogens with zero attached hydrogens (tertiary/aromatic N) is 3. The monoisotopic (exact) mass is 271 g/mol. The molecule has 0 unspecified atom stereocenters. The Morgan fingerprint density at radius 1 is 1.21 bits per heavy atom. The molecule has 0 aliphatic heterocycles. The molecule has 2 N–H and O–H groups in total. The Balaban J connectivity index is 1.96. The number of hydrogen-bond donors (Lipinski definition) is 2. The molecule has 3 rings (SSSR count). The highest BCUT2D eigenvalue weighted by atomic mass is 32.1. The van der Waals surface area contributed by atoms with Crippen LogP contribution in [-0.4, -0.2) is 22.0 Å². The maximum Gasteiger partial charge on any atom is 0.224 e. The Hall–Kier alpha value is -2.21. The van der Waals surface area contributed by atoms with E-state index in [9.17, 15) is 0 Å². The van der Waals surface area contributed by atoms with Gasteiger partial charge in [-0.05, 0) is 12.1 Å². The molecular weight excluding hydrogens is 258 g/mol. The molecule has 96 valence electrons. The van der Waals surface area contributed by atoms with Crippen molar-refractivity contribution < 1.29 is 0 Å². The fraction of sp³-hybridized carbons (Fsp3) is 0.154. The van der Waals surface area contributed by atoms with E-state index in [1.54, 1.807) is 17.5 Å². The summed E-state index contributed by atoms with van der Waals surface area (Å²) < 4.78 is 0. The molecule has 0 fully saturated rings. The molecule has 0 atom stereocenters. The van der Waals surface area contributed by atoms with Crippen LogP contribution in [-0.2, 0) is 6.54 Å². The van der Waals surface area contributed by atoms with Crippen molar-refractivity contribution in [3.05, 3.63) is 40.8 Å². The van der Waals surface area contributed by atoms with Gasteiger partial charge < -0.3 is 10.6 Å². The van der Waals surface area contributed by atoms with Crippen LogP contribution in [0.2, 0.25) is 0 Å². The number of nitrogens with one attached hydrogen (secondary N) is 2. The molecule has 19 heavy (non-hydrogen) atoms. The van der Waals surface area contributed by atoms with E-state index in [1.165, 1.54) is 0 Å². The lowest BCUT2D eigenvalue weighted by atomic mass is 10.2. The summed E-state index contributed by atoms with van der Waals surface area (Å²) in [5.74, 6) is 1.44. The number of thiazole rings is 1. The van der Waals surface area contributed by atoms with Crippen molar-refractivity contribution in [2.24, 2.45) is 0 Å². The minimum Gasteiger partial charge on any atom is -0.363 e. The molecule has 0 radical (unpaired) electrons. The number of fused-ring (bicyclic) bond motifs is 1. The molecule has 0 saturated heterocycles. The highest BCUT2D eigenvalue weighted by molar-refractivity contribution is 7.09. The molecule has 2 aromatic heterocycles. The van der Waals surface area contributed by atoms with Crippen molar-refractivity contribution in [3.8, 4) is 0 Å². The lowest BCUT2D eigenvalue weighted by molar-refractivity contribution is 1.07. The lowest BCUT2D eigenvalue weighted by Gasteiger charge is -2.09. The van der Waals surface area contributed by atoms with Crippen LogP contribution >= 0.6 is 11.3 Å². The predicted octanol–water partition coefficient (Wildman–Crippen LogP) is 2.74. The number of para-hydroxylation sites is 1. The van der Waals surface area contributed by atoms with Gasteiger partial charge in [0, 0.05) is 24.0 Å². The van der Waals surface area contributed by atoms with Crippen molar-refractivity contribution in [1.29, 1.82) is 0 Å². The van der Waals surface area contributed by atoms with Gasteiger partial charge in [0.05, 0.1) is 12.1 Å². The molecule has 6 heteroatoms. The third-order valence-electron chi connectivity index (χ3n) is 2.72. The zero-order valence-corrected chi connectivity index (χ0v) is 11.2. The number of benzene rings is 1. The minimum absolute atomic E-state index is 0.611. The second-order valence-corrected chi connectivity index (χ2v) is 4.92. The van der Waals surface area contributed by atoms with Crippen LogP contribution in [0, 0.1) is 0 Å². The average Bonchev–Trinajstić information content (AvgIpc) is 2.97. The molecular formula is C13H13N5S. The third kappa shape index (κ3) is 2.48. The van der Waals surface area contributed by atoms with Crippen molar-refractivity contribution in [1.82, 2.24) is 15.0 Å². The highest BCUT2D eigenvalue weighted by Crippen LogP contribution is 2.22. The van der Waals surface area contributed by atoms with Gasteiger partial charge in [0.2, 0.25) is 5.95 Å². The molecule has 3 aromatic rings. The summed E-state index contributed by atoms with van der Waals surface area (Å²) in [6.45, 7) is 0.668. The third-order valence-corrected chi connectivity index (χ3v) is 3.50. The van der Waals surface area contributed by atoms with Crippen molar-refractivity contribution in [2.45, 2.75) is 6.54 Å². The maximum absolute atomic E-state index is 4.46. The first-order valence-corrected chi connectivity index (χ1v) is 6.81. The Morgan fingerprint density at radius 2 is 2.11 bits per heavy atom. The largest absolute Gasteiger partial charge is 0.363 e. The van der Waals surface area contributed by atoms with Gasteiger partial charge in [0.25, 0.3) is 0 Å². The van der Waals surface area contributed by atoms with Crippen LogP contribution < -0.4 is 10.6 Å². The summed E-state index contributed by atoms with van der Waals surface area (Å²) in [7, 11) is 1.81. The first kappa shape index (κ1) is 11.9. The van der Waals surface area contributed by atoms with Gasteiger partial charge >= 0.3 is 0 Å². The summed E-state index contributed by atoms with van der Waals surface area (Å²) in [5.41, 5.74) is 0.920. The zero-order chi connectivity index (χ0) is 13.1. The highest BCUT2D eigenvalue weighted by Gasteiger charge is 2.06. The summed E-state index contributed by atoms with van der Waals surface area (Å²) in [6, 6.07) is 7.95. The maximum atomic E-state index is 4.46. The van der Waals surface area contributed by atoms with Gasteiger partial charge in [-0.2, -0.15) is 4.98 Å². The van der Waals surface area contributed by atoms with Crippen molar-refractivity contribution in [2.75, 3.05) is 17.7 Å². The van der Waals surface area contributed by atoms with Crippen LogP contribution in [0.1, 0.15) is 5.01 Å². The molecule has 0 aliphatic rings. The zero-order valence-electron chi connectivity index (χ0n) is 10.4. The first-order valence-electron chi connectivity index (χ1n) is 5.93. The fourth-order valence-corrected chi connectivity index (χ4v) is 2.38. The Bertz CT molecular complexity index is 681. The van der Waals surface area contributed by atoms with E-state index in [0.717, 1.165) is 21.7 Å². The average molecular weight is 271 g/mol. The number of anilines is 2. The molecule has 5 nitrogen and oxygen atoms in total. The molecule has 0 aliphatic carbocycles. The molecule has 1 aromatic carbocycles. The van der Waals surface area contributed by atoms with Gasteiger partial charge in [0.1, 0.15) is 10.8 Å². The molecule has 0 bridgehead atoms. The van der Waals surface area contributed by atoms with Crippen molar-refractivity contribution in [3.63, 3.8) is 0 Å². The second kappa shape index (κ2) is 5.19. The summed E-state index contributed by atoms with van der Waals surface area (Å²) in [6.07, 6.45) is 1.80. The number of hydrogen-bond acceptors (Lipinski definition) is 6. The van der Waals surface area contributed by atoms with E-state index in [1.807, 2.05) is 36.7 Å². The van der Waals surface area contributed by atoms with Crippen LogP contribution in [0.5, 0.6) is 0 Å². The second-order valence-electron chi connectivity index (χ2n) is 3.94. The normalized spacial score (nSPS) is 10.6. The van der Waals surface area contributed by atoms with E-state index in [4.69, 9.17) is 0 Å². The summed E-state index contributed by atoms with van der Waals surface area (Å²) >= 11 is 1.62.